The topological polar surface area (TPSA) is 49.3 Å². The number of hydrogen-bond acceptors (Lipinski definition) is 2. The predicted molar refractivity (Wildman–Crippen MR) is 81.0 cm³/mol. The number of benzene rings is 1. The number of hydrogen-bond donors (Lipinski definition) is 2. The standard InChI is InChI=1S/C16H22ClNO2/c1-2-15(11-3-7-13(17)8-4-11)18-14-9-5-12(6-10-14)16(19)20/h3-4,7-8,12,14-15,18H,2,5-6,9-10H2,1H3,(H,19,20). The maximum absolute atomic E-state index is 11.0. The molecule has 2 rings (SSSR count). The number of carbonyl (C=O) groups is 1. The maximum atomic E-state index is 11.0. The first-order chi connectivity index (χ1) is 9.60. The molecule has 0 saturated heterocycles. The molecule has 1 saturated carbocycles. The molecule has 0 heterocycles. The number of aliphatic carboxylic acids is 1. The Balaban J connectivity index is 1.91. The van der Waals surface area contributed by atoms with Crippen molar-refractivity contribution in [3.8, 4) is 0 Å². The predicted octanol–water partition coefficient (Wildman–Crippen LogP) is 4.02. The molecule has 0 amide bonds. The first kappa shape index (κ1) is 15.3. The highest BCUT2D eigenvalue weighted by molar-refractivity contribution is 6.30. The third-order valence-electron chi connectivity index (χ3n) is 4.19. The fraction of sp³-hybridized carbons (Fsp3) is 0.562. The van der Waals surface area contributed by atoms with E-state index in [0.29, 0.717) is 12.1 Å². The lowest BCUT2D eigenvalue weighted by Crippen LogP contribution is -2.37. The molecule has 0 spiro atoms. The first-order valence-corrected chi connectivity index (χ1v) is 7.72. The number of carboxylic acid groups (broad SMARTS) is 1. The van der Waals surface area contributed by atoms with Crippen LogP contribution in [0.15, 0.2) is 24.3 Å². The minimum absolute atomic E-state index is 0.149. The van der Waals surface area contributed by atoms with Crippen molar-refractivity contribution in [3.05, 3.63) is 34.9 Å². The van der Waals surface area contributed by atoms with Crippen LogP contribution in [0.5, 0.6) is 0 Å². The molecular weight excluding hydrogens is 274 g/mol. The summed E-state index contributed by atoms with van der Waals surface area (Å²) < 4.78 is 0. The lowest BCUT2D eigenvalue weighted by Gasteiger charge is -2.30. The van der Waals surface area contributed by atoms with Crippen LogP contribution in [0, 0.1) is 5.92 Å². The molecule has 110 valence electrons. The SMILES string of the molecule is CCC(NC1CCC(C(=O)O)CC1)c1ccc(Cl)cc1. The third-order valence-corrected chi connectivity index (χ3v) is 4.45. The number of carboxylic acids is 1. The van der Waals surface area contributed by atoms with Crippen molar-refractivity contribution in [2.75, 3.05) is 0 Å². The van der Waals surface area contributed by atoms with Crippen LogP contribution in [0.4, 0.5) is 0 Å². The zero-order chi connectivity index (χ0) is 14.5. The highest BCUT2D eigenvalue weighted by atomic mass is 35.5. The molecular formula is C16H22ClNO2. The first-order valence-electron chi connectivity index (χ1n) is 7.34. The van der Waals surface area contributed by atoms with E-state index < -0.39 is 5.97 Å². The van der Waals surface area contributed by atoms with Crippen molar-refractivity contribution < 1.29 is 9.90 Å². The molecule has 1 aliphatic rings. The van der Waals surface area contributed by atoms with Gasteiger partial charge in [0.15, 0.2) is 0 Å². The summed E-state index contributed by atoms with van der Waals surface area (Å²) in [5.41, 5.74) is 1.25. The largest absolute Gasteiger partial charge is 0.481 e. The highest BCUT2D eigenvalue weighted by Gasteiger charge is 2.27. The molecule has 0 bridgehead atoms. The van der Waals surface area contributed by atoms with Crippen molar-refractivity contribution >= 4 is 17.6 Å². The molecule has 1 atom stereocenters. The Labute approximate surface area is 125 Å². The van der Waals surface area contributed by atoms with E-state index in [1.807, 2.05) is 12.1 Å². The fourth-order valence-electron chi connectivity index (χ4n) is 2.94. The van der Waals surface area contributed by atoms with Gasteiger partial charge in [-0.05, 0) is 49.8 Å². The van der Waals surface area contributed by atoms with Crippen molar-refractivity contribution in [2.24, 2.45) is 5.92 Å². The molecule has 1 unspecified atom stereocenters. The molecule has 1 aromatic rings. The molecule has 2 N–H and O–H groups in total. The van der Waals surface area contributed by atoms with E-state index in [4.69, 9.17) is 16.7 Å². The third kappa shape index (κ3) is 3.97. The second-order valence-corrected chi connectivity index (χ2v) is 6.00. The minimum Gasteiger partial charge on any atom is -0.481 e. The maximum Gasteiger partial charge on any atom is 0.306 e. The Morgan fingerprint density at radius 3 is 2.40 bits per heavy atom. The van der Waals surface area contributed by atoms with E-state index in [1.165, 1.54) is 5.56 Å². The monoisotopic (exact) mass is 295 g/mol. The fourth-order valence-corrected chi connectivity index (χ4v) is 3.06. The minimum atomic E-state index is -0.645. The van der Waals surface area contributed by atoms with Crippen LogP contribution < -0.4 is 5.32 Å². The number of halogens is 1. The van der Waals surface area contributed by atoms with Gasteiger partial charge in [0, 0.05) is 17.1 Å². The molecule has 0 radical (unpaired) electrons. The van der Waals surface area contributed by atoms with Crippen LogP contribution in [0.1, 0.15) is 50.6 Å². The number of nitrogens with one attached hydrogen (secondary N) is 1. The van der Waals surface area contributed by atoms with Crippen LogP contribution >= 0.6 is 11.6 Å². The lowest BCUT2D eigenvalue weighted by molar-refractivity contribution is -0.142. The Bertz CT molecular complexity index is 438. The van der Waals surface area contributed by atoms with E-state index in [9.17, 15) is 4.79 Å². The van der Waals surface area contributed by atoms with E-state index >= 15 is 0 Å². The van der Waals surface area contributed by atoms with Gasteiger partial charge in [-0.2, -0.15) is 0 Å². The van der Waals surface area contributed by atoms with Gasteiger partial charge in [-0.1, -0.05) is 30.7 Å². The van der Waals surface area contributed by atoms with Crippen molar-refractivity contribution in [2.45, 2.75) is 51.1 Å². The summed E-state index contributed by atoms with van der Waals surface area (Å²) in [5.74, 6) is -0.795. The second kappa shape index (κ2) is 7.09. The van der Waals surface area contributed by atoms with Crippen molar-refractivity contribution in [1.29, 1.82) is 0 Å². The van der Waals surface area contributed by atoms with E-state index in [1.54, 1.807) is 0 Å². The Hall–Kier alpha value is -1.06. The van der Waals surface area contributed by atoms with Crippen LogP contribution in [-0.4, -0.2) is 17.1 Å². The lowest BCUT2D eigenvalue weighted by atomic mass is 9.85. The van der Waals surface area contributed by atoms with Gasteiger partial charge in [0.05, 0.1) is 5.92 Å². The molecule has 1 aliphatic carbocycles. The summed E-state index contributed by atoms with van der Waals surface area (Å²) >= 11 is 5.92. The summed E-state index contributed by atoms with van der Waals surface area (Å²) in [6.45, 7) is 2.16. The highest BCUT2D eigenvalue weighted by Crippen LogP contribution is 2.27. The quantitative estimate of drug-likeness (QED) is 0.862. The zero-order valence-electron chi connectivity index (χ0n) is 11.8. The summed E-state index contributed by atoms with van der Waals surface area (Å²) in [6, 6.07) is 8.70. The van der Waals surface area contributed by atoms with Crippen LogP contribution in [0.3, 0.4) is 0 Å². The van der Waals surface area contributed by atoms with Gasteiger partial charge < -0.3 is 10.4 Å². The van der Waals surface area contributed by atoms with Gasteiger partial charge in [0.2, 0.25) is 0 Å². The van der Waals surface area contributed by atoms with Gasteiger partial charge in [0.1, 0.15) is 0 Å². The molecule has 0 aliphatic heterocycles. The Morgan fingerprint density at radius 2 is 1.90 bits per heavy atom. The molecule has 3 nitrogen and oxygen atoms in total. The van der Waals surface area contributed by atoms with Crippen LogP contribution in [0.2, 0.25) is 5.02 Å². The number of rotatable bonds is 5. The van der Waals surface area contributed by atoms with E-state index in [-0.39, 0.29) is 5.92 Å². The zero-order valence-corrected chi connectivity index (χ0v) is 12.6. The molecule has 0 aromatic heterocycles. The van der Waals surface area contributed by atoms with Crippen LogP contribution in [0.25, 0.3) is 0 Å². The van der Waals surface area contributed by atoms with E-state index in [0.717, 1.165) is 37.1 Å². The Morgan fingerprint density at radius 1 is 1.30 bits per heavy atom. The summed E-state index contributed by atoms with van der Waals surface area (Å²) in [4.78, 5) is 11.0. The average molecular weight is 296 g/mol. The van der Waals surface area contributed by atoms with Crippen molar-refractivity contribution in [1.82, 2.24) is 5.32 Å². The average Bonchev–Trinajstić information content (AvgIpc) is 2.46. The molecule has 4 heteroatoms. The van der Waals surface area contributed by atoms with E-state index in [2.05, 4.69) is 24.4 Å². The smallest absolute Gasteiger partial charge is 0.306 e. The molecule has 1 fully saturated rings. The molecule has 20 heavy (non-hydrogen) atoms. The molecule has 1 aromatic carbocycles. The Kier molecular flexibility index (Phi) is 5.44. The van der Waals surface area contributed by atoms with Gasteiger partial charge in [-0.25, -0.2) is 0 Å². The van der Waals surface area contributed by atoms with Crippen LogP contribution in [-0.2, 0) is 4.79 Å². The van der Waals surface area contributed by atoms with Gasteiger partial charge in [0.25, 0.3) is 0 Å². The van der Waals surface area contributed by atoms with Gasteiger partial charge >= 0.3 is 5.97 Å². The normalized spacial score (nSPS) is 24.3. The van der Waals surface area contributed by atoms with Gasteiger partial charge in [-0.15, -0.1) is 0 Å². The summed E-state index contributed by atoms with van der Waals surface area (Å²) in [5, 5.41) is 13.4. The summed E-state index contributed by atoms with van der Waals surface area (Å²) in [7, 11) is 0. The summed E-state index contributed by atoms with van der Waals surface area (Å²) in [6.07, 6.45) is 4.47. The second-order valence-electron chi connectivity index (χ2n) is 5.57. The van der Waals surface area contributed by atoms with Crippen molar-refractivity contribution in [3.63, 3.8) is 0 Å². The van der Waals surface area contributed by atoms with Gasteiger partial charge in [-0.3, -0.25) is 4.79 Å².